The highest BCUT2D eigenvalue weighted by Crippen LogP contribution is 2.36. The topological polar surface area (TPSA) is 96.9 Å². The van der Waals surface area contributed by atoms with Gasteiger partial charge in [-0.3, -0.25) is 9.59 Å². The lowest BCUT2D eigenvalue weighted by molar-refractivity contribution is -0.118. The Balaban J connectivity index is 0.000000694. The number of amides is 1. The molecule has 1 saturated carbocycles. The Hall–Kier alpha value is -3.20. The smallest absolute Gasteiger partial charge is 0.229 e. The molecule has 1 amide bonds. The second-order valence-corrected chi connectivity index (χ2v) is 8.83. The molecule has 1 aromatic heterocycles. The van der Waals surface area contributed by atoms with E-state index in [1.54, 1.807) is 50.6 Å². The predicted molar refractivity (Wildman–Crippen MR) is 145 cm³/mol. The SMILES string of the molecule is C.CCCOC.COc1cc(C(C)=O)ccc1Nc1ncc2c(n1)N(C1CCCC1)CCC(=O)N2C. The molecule has 1 aliphatic heterocycles. The molecule has 9 heteroatoms. The zero-order valence-corrected chi connectivity index (χ0v) is 21.5. The molecule has 4 rings (SSSR count). The number of hydrogen-bond acceptors (Lipinski definition) is 8. The Bertz CT molecular complexity index is 1020. The highest BCUT2D eigenvalue weighted by Gasteiger charge is 2.31. The highest BCUT2D eigenvalue weighted by molar-refractivity contribution is 5.97. The second-order valence-electron chi connectivity index (χ2n) is 8.83. The van der Waals surface area contributed by atoms with Crippen LogP contribution >= 0.6 is 0 Å². The second kappa shape index (κ2) is 13.8. The van der Waals surface area contributed by atoms with Crippen LogP contribution in [0.25, 0.3) is 0 Å². The average Bonchev–Trinajstić information content (AvgIpc) is 3.36. The summed E-state index contributed by atoms with van der Waals surface area (Å²) in [6, 6.07) is 5.63. The molecule has 1 N–H and O–H groups in total. The summed E-state index contributed by atoms with van der Waals surface area (Å²) in [6.45, 7) is 5.16. The first-order valence-corrected chi connectivity index (χ1v) is 12.2. The number of carbonyl (C=O) groups excluding carboxylic acids is 2. The minimum absolute atomic E-state index is 0. The number of nitrogens with one attached hydrogen (secondary N) is 1. The molecule has 2 heterocycles. The molecule has 0 saturated heterocycles. The molecule has 2 aromatic rings. The van der Waals surface area contributed by atoms with Gasteiger partial charge in [-0.25, -0.2) is 4.98 Å². The molecule has 36 heavy (non-hydrogen) atoms. The summed E-state index contributed by atoms with van der Waals surface area (Å²) in [5.41, 5.74) is 1.98. The molecule has 2 aliphatic rings. The number of Topliss-reactive ketones (excluding diaryl/α,β-unsaturated/α-hetero) is 1. The summed E-state index contributed by atoms with van der Waals surface area (Å²) < 4.78 is 10.1. The summed E-state index contributed by atoms with van der Waals surface area (Å²) in [5.74, 6) is 1.80. The zero-order valence-electron chi connectivity index (χ0n) is 21.5. The van der Waals surface area contributed by atoms with Gasteiger partial charge in [-0.1, -0.05) is 27.2 Å². The van der Waals surface area contributed by atoms with Crippen molar-refractivity contribution in [1.82, 2.24) is 9.97 Å². The van der Waals surface area contributed by atoms with E-state index in [-0.39, 0.29) is 19.1 Å². The molecule has 9 nitrogen and oxygen atoms in total. The predicted octanol–water partition coefficient (Wildman–Crippen LogP) is 5.23. The molecule has 0 bridgehead atoms. The van der Waals surface area contributed by atoms with Crippen molar-refractivity contribution in [3.63, 3.8) is 0 Å². The first-order valence-electron chi connectivity index (χ1n) is 12.2. The summed E-state index contributed by atoms with van der Waals surface area (Å²) >= 11 is 0. The van der Waals surface area contributed by atoms with E-state index < -0.39 is 0 Å². The Morgan fingerprint density at radius 3 is 2.53 bits per heavy atom. The van der Waals surface area contributed by atoms with E-state index in [0.29, 0.717) is 42.0 Å². The van der Waals surface area contributed by atoms with Gasteiger partial charge in [0.2, 0.25) is 11.9 Å². The maximum Gasteiger partial charge on any atom is 0.229 e. The fraction of sp³-hybridized carbons (Fsp3) is 0.556. The van der Waals surface area contributed by atoms with Crippen molar-refractivity contribution in [1.29, 1.82) is 0 Å². The molecule has 0 atom stereocenters. The molecule has 1 aliphatic carbocycles. The normalized spacial score (nSPS) is 15.3. The number of ketones is 1. The number of nitrogens with zero attached hydrogens (tertiary/aromatic N) is 4. The van der Waals surface area contributed by atoms with Crippen molar-refractivity contribution in [2.45, 2.75) is 65.8 Å². The van der Waals surface area contributed by atoms with Crippen LogP contribution in [0.1, 0.15) is 70.2 Å². The van der Waals surface area contributed by atoms with Crippen LogP contribution in [0.2, 0.25) is 0 Å². The minimum Gasteiger partial charge on any atom is -0.495 e. The Kier molecular flexibility index (Phi) is 11.1. The van der Waals surface area contributed by atoms with Gasteiger partial charge in [0.25, 0.3) is 0 Å². The fourth-order valence-corrected chi connectivity index (χ4v) is 4.41. The number of benzene rings is 1. The summed E-state index contributed by atoms with van der Waals surface area (Å²) in [4.78, 5) is 37.3. The minimum atomic E-state index is -0.0268. The fourth-order valence-electron chi connectivity index (χ4n) is 4.41. The van der Waals surface area contributed by atoms with Crippen LogP contribution in [0.5, 0.6) is 5.75 Å². The lowest BCUT2D eigenvalue weighted by atomic mass is 10.1. The van der Waals surface area contributed by atoms with Gasteiger partial charge in [0, 0.05) is 45.3 Å². The quantitative estimate of drug-likeness (QED) is 0.518. The lowest BCUT2D eigenvalue weighted by Crippen LogP contribution is -2.34. The molecular weight excluding hydrogens is 458 g/mol. The molecule has 1 fully saturated rings. The highest BCUT2D eigenvalue weighted by atomic mass is 16.5. The first kappa shape index (κ1) is 29.0. The van der Waals surface area contributed by atoms with E-state index in [1.165, 1.54) is 19.8 Å². The Morgan fingerprint density at radius 1 is 1.22 bits per heavy atom. The van der Waals surface area contributed by atoms with E-state index in [4.69, 9.17) is 14.5 Å². The summed E-state index contributed by atoms with van der Waals surface area (Å²) in [7, 11) is 5.05. The lowest BCUT2D eigenvalue weighted by Gasteiger charge is -2.30. The monoisotopic (exact) mass is 499 g/mol. The third-order valence-electron chi connectivity index (χ3n) is 6.35. The number of ether oxygens (including phenoxy) is 2. The van der Waals surface area contributed by atoms with E-state index in [0.717, 1.165) is 37.4 Å². The van der Waals surface area contributed by atoms with Crippen LogP contribution in [-0.2, 0) is 9.53 Å². The number of hydrogen-bond donors (Lipinski definition) is 1. The van der Waals surface area contributed by atoms with Crippen LogP contribution < -0.4 is 19.9 Å². The maximum absolute atomic E-state index is 12.5. The van der Waals surface area contributed by atoms with Gasteiger partial charge in [-0.15, -0.1) is 0 Å². The molecule has 1 aromatic carbocycles. The number of anilines is 4. The Morgan fingerprint density at radius 2 is 1.94 bits per heavy atom. The van der Waals surface area contributed by atoms with Crippen molar-refractivity contribution >= 4 is 34.8 Å². The van der Waals surface area contributed by atoms with Crippen LogP contribution in [0.4, 0.5) is 23.1 Å². The van der Waals surface area contributed by atoms with Crippen molar-refractivity contribution < 1.29 is 19.1 Å². The van der Waals surface area contributed by atoms with E-state index in [2.05, 4.69) is 22.1 Å². The Labute approximate surface area is 215 Å². The van der Waals surface area contributed by atoms with E-state index in [9.17, 15) is 9.59 Å². The molecule has 0 radical (unpaired) electrons. The van der Waals surface area contributed by atoms with Crippen molar-refractivity contribution in [2.24, 2.45) is 0 Å². The van der Waals surface area contributed by atoms with Crippen molar-refractivity contribution in [3.05, 3.63) is 30.0 Å². The number of aromatic nitrogens is 2. The third-order valence-corrected chi connectivity index (χ3v) is 6.35. The van der Waals surface area contributed by atoms with Gasteiger partial charge in [0.1, 0.15) is 11.4 Å². The summed E-state index contributed by atoms with van der Waals surface area (Å²) in [5, 5.41) is 3.21. The van der Waals surface area contributed by atoms with E-state index >= 15 is 0 Å². The van der Waals surface area contributed by atoms with Gasteiger partial charge in [-0.2, -0.15) is 4.98 Å². The molecule has 0 spiro atoms. The number of rotatable bonds is 7. The van der Waals surface area contributed by atoms with Crippen LogP contribution in [0.15, 0.2) is 24.4 Å². The number of carbonyl (C=O) groups is 2. The van der Waals surface area contributed by atoms with Crippen LogP contribution in [0, 0.1) is 0 Å². The standard InChI is InChI=1S/C22H27N5O3.C4H10O.CH4/c1-14(28)15-8-9-17(19(12-15)30-3)24-22-23-13-18-21(25-22)27(16-6-4-5-7-16)11-10-20(29)26(18)2;1-3-4-5-2;/h8-9,12-13,16H,4-7,10-11H2,1-3H3,(H,23,24,25);3-4H2,1-2H3;1H4. The van der Waals surface area contributed by atoms with Gasteiger partial charge >= 0.3 is 0 Å². The first-order chi connectivity index (χ1) is 16.9. The van der Waals surface area contributed by atoms with E-state index in [1.807, 2.05) is 0 Å². The average molecular weight is 500 g/mol. The van der Waals surface area contributed by atoms with Gasteiger partial charge < -0.3 is 24.6 Å². The third kappa shape index (κ3) is 6.94. The van der Waals surface area contributed by atoms with Crippen LogP contribution in [0.3, 0.4) is 0 Å². The van der Waals surface area contributed by atoms with Crippen molar-refractivity contribution in [2.75, 3.05) is 49.5 Å². The number of fused-ring (bicyclic) bond motifs is 1. The maximum atomic E-state index is 12.5. The van der Waals surface area contributed by atoms with Crippen molar-refractivity contribution in [3.8, 4) is 5.75 Å². The van der Waals surface area contributed by atoms with Gasteiger partial charge in [0.05, 0.1) is 19.0 Å². The molecule has 0 unspecified atom stereocenters. The molecule has 198 valence electrons. The number of methoxy groups -OCH3 is 2. The van der Waals surface area contributed by atoms with Crippen LogP contribution in [-0.4, -0.2) is 62.1 Å². The summed E-state index contributed by atoms with van der Waals surface area (Å²) in [6.07, 6.45) is 7.93. The van der Waals surface area contributed by atoms with Gasteiger partial charge in [0.15, 0.2) is 11.6 Å². The largest absolute Gasteiger partial charge is 0.495 e. The molecular formula is C27H41N5O4. The van der Waals surface area contributed by atoms with Gasteiger partial charge in [-0.05, 0) is 44.4 Å². The zero-order chi connectivity index (χ0) is 25.4.